The number of nitrogens with one attached hydrogen (secondary N) is 1. The van der Waals surface area contributed by atoms with Crippen LogP contribution in [0.1, 0.15) is 34.7 Å². The van der Waals surface area contributed by atoms with Gasteiger partial charge in [-0.1, -0.05) is 213 Å². The third-order valence-electron chi connectivity index (χ3n) is 13.1. The predicted molar refractivity (Wildman–Crippen MR) is 291 cm³/mol. The van der Waals surface area contributed by atoms with E-state index in [-0.39, 0.29) is 11.9 Å². The van der Waals surface area contributed by atoms with Gasteiger partial charge in [0.15, 0.2) is 5.84 Å². The van der Waals surface area contributed by atoms with Crippen molar-refractivity contribution in [3.63, 3.8) is 0 Å². The molecular formula is C63H48N4S. The SMILES string of the molecule is C=C/C(=C\CC(c1ccccc1)N(C)/C(=N\C(=N)c1cc(-c2ccccc2)c(-n2c3ccccc3c3ccc4sc5ccccc5c4c32)c(-c2ccccc2)c1)c1ccccc1)c1ccccc1. The molecule has 1 unspecified atom stereocenters. The normalized spacial score (nSPS) is 12.5. The molecule has 0 spiro atoms. The van der Waals surface area contributed by atoms with Crippen molar-refractivity contribution in [3.8, 4) is 27.9 Å². The second-order valence-corrected chi connectivity index (χ2v) is 18.2. The zero-order chi connectivity index (χ0) is 46.0. The van der Waals surface area contributed by atoms with Crippen LogP contribution < -0.4 is 0 Å². The Bertz CT molecular complexity index is 3620. The quantitative estimate of drug-likeness (QED) is 0.0785. The van der Waals surface area contributed by atoms with Crippen LogP contribution in [-0.4, -0.2) is 28.2 Å². The summed E-state index contributed by atoms with van der Waals surface area (Å²) in [5, 5.41) is 15.0. The number of fused-ring (bicyclic) bond motifs is 7. The minimum Gasteiger partial charge on any atom is -0.352 e. The molecule has 4 nitrogen and oxygen atoms in total. The summed E-state index contributed by atoms with van der Waals surface area (Å²) in [4.78, 5) is 7.61. The molecule has 5 heteroatoms. The fraction of sp³-hybridized carbons (Fsp3) is 0.0476. The van der Waals surface area contributed by atoms with Crippen LogP contribution in [0.25, 0.3) is 75.5 Å². The maximum absolute atomic E-state index is 10.1. The molecule has 11 aromatic rings. The van der Waals surface area contributed by atoms with Crippen molar-refractivity contribution in [2.45, 2.75) is 12.5 Å². The third-order valence-corrected chi connectivity index (χ3v) is 14.2. The highest BCUT2D eigenvalue weighted by Crippen LogP contribution is 2.47. The molecule has 1 atom stereocenters. The van der Waals surface area contributed by atoms with Crippen molar-refractivity contribution in [2.24, 2.45) is 4.99 Å². The maximum atomic E-state index is 10.1. The molecule has 0 fully saturated rings. The number of hydrogen-bond donors (Lipinski definition) is 1. The van der Waals surface area contributed by atoms with Gasteiger partial charge in [0.05, 0.1) is 22.8 Å². The van der Waals surface area contributed by atoms with Gasteiger partial charge in [-0.25, -0.2) is 4.99 Å². The number of aromatic nitrogens is 1. The molecule has 0 saturated heterocycles. The molecule has 0 aliphatic rings. The number of allylic oxidation sites excluding steroid dienone is 2. The molecule has 0 saturated carbocycles. The Balaban J connectivity index is 1.15. The second kappa shape index (κ2) is 18.5. The van der Waals surface area contributed by atoms with Crippen LogP contribution in [-0.2, 0) is 0 Å². The third kappa shape index (κ3) is 7.83. The smallest absolute Gasteiger partial charge is 0.154 e. The summed E-state index contributed by atoms with van der Waals surface area (Å²) >= 11 is 1.84. The van der Waals surface area contributed by atoms with Gasteiger partial charge in [0, 0.05) is 60.2 Å². The van der Waals surface area contributed by atoms with Gasteiger partial charge in [-0.2, -0.15) is 0 Å². The lowest BCUT2D eigenvalue weighted by molar-refractivity contribution is 0.378. The summed E-state index contributed by atoms with van der Waals surface area (Å²) in [7, 11) is 2.10. The Labute approximate surface area is 401 Å². The van der Waals surface area contributed by atoms with Crippen LogP contribution in [0.5, 0.6) is 0 Å². The molecule has 9 aromatic carbocycles. The number of amidine groups is 2. The molecule has 0 amide bonds. The van der Waals surface area contributed by atoms with Gasteiger partial charge in [0.1, 0.15) is 5.84 Å². The molecule has 2 aromatic heterocycles. The number of hydrogen-bond acceptors (Lipinski definition) is 2. The van der Waals surface area contributed by atoms with Gasteiger partial charge in [-0.05, 0) is 64.6 Å². The van der Waals surface area contributed by atoms with Gasteiger partial charge >= 0.3 is 0 Å². The highest BCUT2D eigenvalue weighted by molar-refractivity contribution is 7.26. The van der Waals surface area contributed by atoms with Gasteiger partial charge in [-0.3, -0.25) is 5.41 Å². The van der Waals surface area contributed by atoms with Crippen LogP contribution >= 0.6 is 11.3 Å². The van der Waals surface area contributed by atoms with Gasteiger partial charge < -0.3 is 9.47 Å². The number of rotatable bonds is 11. The number of benzene rings is 9. The van der Waals surface area contributed by atoms with E-state index in [4.69, 9.17) is 4.99 Å². The molecule has 0 bridgehead atoms. The molecule has 68 heavy (non-hydrogen) atoms. The number of aliphatic imine (C=N–C) groups is 1. The monoisotopic (exact) mass is 892 g/mol. The van der Waals surface area contributed by atoms with Crippen molar-refractivity contribution >= 4 is 70.6 Å². The average molecular weight is 893 g/mol. The molecule has 2 heterocycles. The largest absolute Gasteiger partial charge is 0.352 e. The van der Waals surface area contributed by atoms with E-state index in [1.54, 1.807) is 0 Å². The van der Waals surface area contributed by atoms with E-state index < -0.39 is 0 Å². The Morgan fingerprint density at radius 3 is 1.76 bits per heavy atom. The van der Waals surface area contributed by atoms with Crippen LogP contribution in [0.4, 0.5) is 0 Å². The van der Waals surface area contributed by atoms with Gasteiger partial charge in [-0.15, -0.1) is 11.3 Å². The van der Waals surface area contributed by atoms with Gasteiger partial charge in [0.25, 0.3) is 0 Å². The summed E-state index contributed by atoms with van der Waals surface area (Å²) in [6.45, 7) is 4.19. The molecule has 0 aliphatic heterocycles. The fourth-order valence-corrected chi connectivity index (χ4v) is 10.9. The van der Waals surface area contributed by atoms with Crippen LogP contribution in [0, 0.1) is 5.41 Å². The molecule has 326 valence electrons. The first-order valence-corrected chi connectivity index (χ1v) is 23.9. The van der Waals surface area contributed by atoms with Crippen molar-refractivity contribution in [3.05, 3.63) is 265 Å². The zero-order valence-electron chi connectivity index (χ0n) is 37.8. The van der Waals surface area contributed by atoms with Crippen molar-refractivity contribution in [1.82, 2.24) is 9.47 Å². The molecule has 0 aliphatic carbocycles. The Morgan fingerprint density at radius 2 is 1.13 bits per heavy atom. The van der Waals surface area contributed by atoms with Crippen molar-refractivity contribution < 1.29 is 0 Å². The van der Waals surface area contributed by atoms with E-state index in [1.807, 2.05) is 41.7 Å². The molecular weight excluding hydrogens is 845 g/mol. The Hall–Kier alpha value is -8.38. The van der Waals surface area contributed by atoms with Crippen molar-refractivity contribution in [1.29, 1.82) is 5.41 Å². The Kier molecular flexibility index (Phi) is 11.5. The van der Waals surface area contributed by atoms with Crippen LogP contribution in [0.3, 0.4) is 0 Å². The lowest BCUT2D eigenvalue weighted by Gasteiger charge is -2.31. The number of nitrogens with zero attached hydrogens (tertiary/aromatic N) is 3. The fourth-order valence-electron chi connectivity index (χ4n) is 9.82. The zero-order valence-corrected chi connectivity index (χ0v) is 38.6. The van der Waals surface area contributed by atoms with Gasteiger partial charge in [0.2, 0.25) is 0 Å². The lowest BCUT2D eigenvalue weighted by Crippen LogP contribution is -2.32. The number of para-hydroxylation sites is 1. The molecule has 0 radical (unpaired) electrons. The summed E-state index contributed by atoms with van der Waals surface area (Å²) in [5.74, 6) is 0.877. The summed E-state index contributed by atoms with van der Waals surface area (Å²) in [6.07, 6.45) is 4.89. The first-order chi connectivity index (χ1) is 33.6. The topological polar surface area (TPSA) is 44.4 Å². The highest BCUT2D eigenvalue weighted by Gasteiger charge is 2.26. The van der Waals surface area contributed by atoms with E-state index in [2.05, 4.69) is 229 Å². The predicted octanol–water partition coefficient (Wildman–Crippen LogP) is 16.6. The minimum absolute atomic E-state index is 0.107. The summed E-state index contributed by atoms with van der Waals surface area (Å²) in [6, 6.07) is 79.0. The lowest BCUT2D eigenvalue weighted by atomic mass is 9.92. The van der Waals surface area contributed by atoms with Crippen molar-refractivity contribution in [2.75, 3.05) is 7.05 Å². The minimum atomic E-state index is -0.107. The summed E-state index contributed by atoms with van der Waals surface area (Å²) < 4.78 is 5.02. The average Bonchev–Trinajstić information content (AvgIpc) is 3.95. The van der Waals surface area contributed by atoms with Crippen LogP contribution in [0.15, 0.2) is 248 Å². The van der Waals surface area contributed by atoms with E-state index in [0.29, 0.717) is 12.3 Å². The van der Waals surface area contributed by atoms with E-state index >= 15 is 0 Å². The van der Waals surface area contributed by atoms with E-state index in [1.165, 1.54) is 36.5 Å². The first kappa shape index (κ1) is 42.3. The Morgan fingerprint density at radius 1 is 0.588 bits per heavy atom. The molecule has 1 N–H and O–H groups in total. The highest BCUT2D eigenvalue weighted by atomic mass is 32.1. The van der Waals surface area contributed by atoms with E-state index in [0.717, 1.165) is 61.3 Å². The van der Waals surface area contributed by atoms with Crippen LogP contribution in [0.2, 0.25) is 0 Å². The second-order valence-electron chi connectivity index (χ2n) is 17.1. The first-order valence-electron chi connectivity index (χ1n) is 23.1. The number of thiophene rings is 1. The summed E-state index contributed by atoms with van der Waals surface area (Å²) in [5.41, 5.74) is 12.5. The molecule has 11 rings (SSSR count). The standard InChI is InChI=1S/C63H48N4S/c1-3-43(44-23-9-4-10-24-44)37-39-55(47-29-15-7-16-30-47)66(2)63(48-31-17-8-18-32-48)65-62(64)49-41-53(45-25-11-5-12-26-45)60(54(42-49)46-27-13-6-14-28-46)67-56-35-21-19-33-50(56)51-38-40-58-59(61(51)67)52-34-20-22-36-57(52)68-58/h3-38,40-42,55,64H,1,39H2,2H3/b43-37+,64-62?,65-63-. The van der Waals surface area contributed by atoms with E-state index in [9.17, 15) is 5.41 Å². The maximum Gasteiger partial charge on any atom is 0.154 e.